The van der Waals surface area contributed by atoms with Crippen molar-refractivity contribution in [1.82, 2.24) is 4.90 Å². The van der Waals surface area contributed by atoms with E-state index >= 15 is 0 Å². The highest BCUT2D eigenvalue weighted by molar-refractivity contribution is 6.31. The molecule has 20 heavy (non-hydrogen) atoms. The van der Waals surface area contributed by atoms with Crippen molar-refractivity contribution in [3.05, 3.63) is 64.9 Å². The SMILES string of the molecule is CN(CCOc1ccccc1F)Cc1ccccc1Cl. The molecule has 106 valence electrons. The van der Waals surface area contributed by atoms with Gasteiger partial charge in [-0.05, 0) is 30.8 Å². The van der Waals surface area contributed by atoms with Gasteiger partial charge >= 0.3 is 0 Å². The van der Waals surface area contributed by atoms with Crippen molar-refractivity contribution < 1.29 is 9.13 Å². The van der Waals surface area contributed by atoms with Crippen LogP contribution in [0.5, 0.6) is 5.75 Å². The minimum Gasteiger partial charge on any atom is -0.489 e. The minimum absolute atomic E-state index is 0.290. The first-order valence-electron chi connectivity index (χ1n) is 6.46. The van der Waals surface area contributed by atoms with Gasteiger partial charge in [-0.3, -0.25) is 4.90 Å². The fraction of sp³-hybridized carbons (Fsp3) is 0.250. The standard InChI is InChI=1S/C16H17ClFNO/c1-19(12-13-6-2-3-7-14(13)17)10-11-20-16-9-5-4-8-15(16)18/h2-9H,10-12H2,1H3. The van der Waals surface area contributed by atoms with Gasteiger partial charge in [-0.15, -0.1) is 0 Å². The third-order valence-electron chi connectivity index (χ3n) is 2.97. The zero-order valence-electron chi connectivity index (χ0n) is 11.4. The van der Waals surface area contributed by atoms with Gasteiger partial charge in [0.1, 0.15) is 6.61 Å². The van der Waals surface area contributed by atoms with E-state index in [0.717, 1.165) is 17.1 Å². The smallest absolute Gasteiger partial charge is 0.165 e. The highest BCUT2D eigenvalue weighted by atomic mass is 35.5. The summed E-state index contributed by atoms with van der Waals surface area (Å²) in [4.78, 5) is 2.09. The molecule has 0 atom stereocenters. The van der Waals surface area contributed by atoms with Crippen LogP contribution >= 0.6 is 11.6 Å². The summed E-state index contributed by atoms with van der Waals surface area (Å²) in [5, 5.41) is 0.759. The van der Waals surface area contributed by atoms with Gasteiger partial charge in [0.2, 0.25) is 0 Å². The first-order valence-corrected chi connectivity index (χ1v) is 6.84. The van der Waals surface area contributed by atoms with Crippen LogP contribution in [-0.2, 0) is 6.54 Å². The lowest BCUT2D eigenvalue weighted by molar-refractivity contribution is 0.226. The Bertz CT molecular complexity index is 562. The Labute approximate surface area is 123 Å². The van der Waals surface area contributed by atoms with Crippen molar-refractivity contribution in [2.75, 3.05) is 20.2 Å². The van der Waals surface area contributed by atoms with Crippen LogP contribution in [0, 0.1) is 5.82 Å². The van der Waals surface area contributed by atoms with Crippen LogP contribution < -0.4 is 4.74 Å². The van der Waals surface area contributed by atoms with Gasteiger partial charge in [0.25, 0.3) is 0 Å². The molecule has 0 aliphatic carbocycles. The van der Waals surface area contributed by atoms with E-state index in [0.29, 0.717) is 18.9 Å². The Morgan fingerprint density at radius 2 is 1.80 bits per heavy atom. The van der Waals surface area contributed by atoms with Gasteiger partial charge in [-0.25, -0.2) is 4.39 Å². The Balaban J connectivity index is 1.80. The highest BCUT2D eigenvalue weighted by Crippen LogP contribution is 2.17. The molecule has 0 spiro atoms. The Kier molecular flexibility index (Phi) is 5.39. The number of hydrogen-bond acceptors (Lipinski definition) is 2. The molecule has 0 saturated carbocycles. The molecule has 2 aromatic carbocycles. The molecule has 4 heteroatoms. The zero-order chi connectivity index (χ0) is 14.4. The summed E-state index contributed by atoms with van der Waals surface area (Å²) in [7, 11) is 1.98. The van der Waals surface area contributed by atoms with Crippen molar-refractivity contribution in [2.24, 2.45) is 0 Å². The molecule has 0 heterocycles. The van der Waals surface area contributed by atoms with Crippen LogP contribution in [0.2, 0.25) is 5.02 Å². The topological polar surface area (TPSA) is 12.5 Å². The summed E-state index contributed by atoms with van der Waals surface area (Å²) in [6.07, 6.45) is 0. The van der Waals surface area contributed by atoms with Crippen molar-refractivity contribution in [3.8, 4) is 5.75 Å². The maximum Gasteiger partial charge on any atom is 0.165 e. The fourth-order valence-electron chi connectivity index (χ4n) is 1.87. The summed E-state index contributed by atoms with van der Waals surface area (Å²) < 4.78 is 18.8. The van der Waals surface area contributed by atoms with Crippen LogP contribution in [0.4, 0.5) is 4.39 Å². The van der Waals surface area contributed by atoms with E-state index in [4.69, 9.17) is 16.3 Å². The summed E-state index contributed by atoms with van der Waals surface area (Å²) in [5.41, 5.74) is 1.07. The van der Waals surface area contributed by atoms with Gasteiger partial charge in [0.05, 0.1) is 0 Å². The van der Waals surface area contributed by atoms with Gasteiger partial charge in [0.15, 0.2) is 11.6 Å². The van der Waals surface area contributed by atoms with E-state index in [-0.39, 0.29) is 5.82 Å². The van der Waals surface area contributed by atoms with E-state index in [9.17, 15) is 4.39 Å². The number of nitrogens with zero attached hydrogens (tertiary/aromatic N) is 1. The van der Waals surface area contributed by atoms with E-state index in [1.54, 1.807) is 18.2 Å². The predicted molar refractivity (Wildman–Crippen MR) is 79.7 cm³/mol. The van der Waals surface area contributed by atoms with Crippen LogP contribution in [0.15, 0.2) is 48.5 Å². The quantitative estimate of drug-likeness (QED) is 0.798. The van der Waals surface area contributed by atoms with Gasteiger partial charge in [0, 0.05) is 18.1 Å². The van der Waals surface area contributed by atoms with Crippen LogP contribution in [0.25, 0.3) is 0 Å². The van der Waals surface area contributed by atoms with E-state index in [2.05, 4.69) is 4.90 Å². The number of benzene rings is 2. The van der Waals surface area contributed by atoms with Crippen molar-refractivity contribution >= 4 is 11.6 Å². The second-order valence-corrected chi connectivity index (χ2v) is 5.02. The average molecular weight is 294 g/mol. The molecular formula is C16H17ClFNO. The second-order valence-electron chi connectivity index (χ2n) is 4.61. The number of likely N-dealkylation sites (N-methyl/N-ethyl adjacent to an activating group) is 1. The summed E-state index contributed by atoms with van der Waals surface area (Å²) in [5.74, 6) is -0.0418. The first-order chi connectivity index (χ1) is 9.66. The molecule has 0 aliphatic rings. The first kappa shape index (κ1) is 14.8. The molecule has 0 radical (unpaired) electrons. The summed E-state index contributed by atoms with van der Waals surface area (Å²) in [6, 6.07) is 14.2. The number of halogens is 2. The zero-order valence-corrected chi connectivity index (χ0v) is 12.1. The lowest BCUT2D eigenvalue weighted by Gasteiger charge is -2.17. The monoisotopic (exact) mass is 293 g/mol. The molecule has 0 bridgehead atoms. The third-order valence-corrected chi connectivity index (χ3v) is 3.33. The number of hydrogen-bond donors (Lipinski definition) is 0. The molecule has 2 rings (SSSR count). The average Bonchev–Trinajstić information content (AvgIpc) is 2.43. The summed E-state index contributed by atoms with van der Waals surface area (Å²) in [6.45, 7) is 1.86. The second kappa shape index (κ2) is 7.27. The molecule has 2 aromatic rings. The van der Waals surface area contributed by atoms with Crippen molar-refractivity contribution in [1.29, 1.82) is 0 Å². The van der Waals surface area contributed by atoms with E-state index in [1.165, 1.54) is 6.07 Å². The molecule has 0 unspecified atom stereocenters. The van der Waals surface area contributed by atoms with Crippen LogP contribution in [0.3, 0.4) is 0 Å². The maximum atomic E-state index is 13.4. The molecule has 2 nitrogen and oxygen atoms in total. The molecule has 0 fully saturated rings. The van der Waals surface area contributed by atoms with E-state index < -0.39 is 0 Å². The van der Waals surface area contributed by atoms with Crippen LogP contribution in [0.1, 0.15) is 5.56 Å². The number of para-hydroxylation sites is 1. The largest absolute Gasteiger partial charge is 0.489 e. The van der Waals surface area contributed by atoms with E-state index in [1.807, 2.05) is 31.3 Å². The molecule has 0 N–H and O–H groups in total. The number of rotatable bonds is 6. The molecule has 0 aromatic heterocycles. The Morgan fingerprint density at radius 3 is 2.55 bits per heavy atom. The molecule has 0 saturated heterocycles. The maximum absolute atomic E-state index is 13.4. The van der Waals surface area contributed by atoms with Crippen molar-refractivity contribution in [3.63, 3.8) is 0 Å². The van der Waals surface area contributed by atoms with Gasteiger partial charge < -0.3 is 4.74 Å². The Hall–Kier alpha value is -1.58. The Morgan fingerprint density at radius 1 is 1.10 bits per heavy atom. The summed E-state index contributed by atoms with van der Waals surface area (Å²) >= 11 is 6.11. The third kappa shape index (κ3) is 4.22. The lowest BCUT2D eigenvalue weighted by Crippen LogP contribution is -2.24. The molecular weight excluding hydrogens is 277 g/mol. The van der Waals surface area contributed by atoms with Gasteiger partial charge in [-0.2, -0.15) is 0 Å². The van der Waals surface area contributed by atoms with Gasteiger partial charge in [-0.1, -0.05) is 41.9 Å². The van der Waals surface area contributed by atoms with Crippen molar-refractivity contribution in [2.45, 2.75) is 6.54 Å². The highest BCUT2D eigenvalue weighted by Gasteiger charge is 2.05. The lowest BCUT2D eigenvalue weighted by atomic mass is 10.2. The minimum atomic E-state index is -0.332. The number of ether oxygens (including phenoxy) is 1. The molecule has 0 aliphatic heterocycles. The molecule has 0 amide bonds. The fourth-order valence-corrected chi connectivity index (χ4v) is 2.07. The normalized spacial score (nSPS) is 10.8. The predicted octanol–water partition coefficient (Wildman–Crippen LogP) is 3.99. The van der Waals surface area contributed by atoms with Crippen LogP contribution in [-0.4, -0.2) is 25.1 Å².